The molecule has 3 rings (SSSR count). The predicted octanol–water partition coefficient (Wildman–Crippen LogP) is 4.80. The highest BCUT2D eigenvalue weighted by molar-refractivity contribution is 7.90. The molecule has 0 unspecified atom stereocenters. The monoisotopic (exact) mass is 467 g/mol. The summed E-state index contributed by atoms with van der Waals surface area (Å²) in [4.78, 5) is 17.5. The highest BCUT2D eigenvalue weighted by Crippen LogP contribution is 2.33. The summed E-state index contributed by atoms with van der Waals surface area (Å²) in [5, 5.41) is 0. The van der Waals surface area contributed by atoms with E-state index in [2.05, 4.69) is 9.71 Å². The number of hydrogen-bond acceptors (Lipinski definition) is 6. The molecule has 0 aliphatic heterocycles. The van der Waals surface area contributed by atoms with Crippen LogP contribution in [0.3, 0.4) is 0 Å². The predicted molar refractivity (Wildman–Crippen MR) is 129 cm³/mol. The van der Waals surface area contributed by atoms with Crippen molar-refractivity contribution in [2.24, 2.45) is 0 Å². The van der Waals surface area contributed by atoms with Crippen molar-refractivity contribution in [1.29, 1.82) is 0 Å². The molecule has 1 heterocycles. The van der Waals surface area contributed by atoms with E-state index in [-0.39, 0.29) is 27.4 Å². The number of sulfonamides is 1. The number of amides is 1. The number of nitrogens with two attached hydrogens (primary N) is 1. The van der Waals surface area contributed by atoms with Crippen molar-refractivity contribution >= 4 is 21.6 Å². The van der Waals surface area contributed by atoms with Gasteiger partial charge in [-0.05, 0) is 62.2 Å². The van der Waals surface area contributed by atoms with E-state index >= 15 is 0 Å². The first-order chi connectivity index (χ1) is 15.3. The number of nitrogen functional groups attached to an aromatic ring is 1. The number of anilines is 1. The van der Waals surface area contributed by atoms with Crippen LogP contribution in [-0.4, -0.2) is 19.3 Å². The molecule has 0 aliphatic rings. The van der Waals surface area contributed by atoms with Crippen LogP contribution >= 0.6 is 0 Å². The van der Waals surface area contributed by atoms with Crippen molar-refractivity contribution in [2.75, 3.05) is 5.73 Å². The molecule has 8 heteroatoms. The van der Waals surface area contributed by atoms with Gasteiger partial charge in [0.2, 0.25) is 5.88 Å². The first kappa shape index (κ1) is 24.3. The first-order valence-corrected chi connectivity index (χ1v) is 12.0. The quantitative estimate of drug-likeness (QED) is 0.522. The average Bonchev–Trinajstić information content (AvgIpc) is 2.69. The molecule has 0 spiro atoms. The summed E-state index contributed by atoms with van der Waals surface area (Å²) in [7, 11) is -4.14. The molecule has 3 aromatic rings. The Morgan fingerprint density at radius 2 is 1.64 bits per heavy atom. The maximum Gasteiger partial charge on any atom is 0.270 e. The molecule has 0 aliphatic carbocycles. The third kappa shape index (κ3) is 5.51. The van der Waals surface area contributed by atoms with E-state index in [1.807, 2.05) is 53.7 Å². The lowest BCUT2D eigenvalue weighted by molar-refractivity contribution is 0.0978. The van der Waals surface area contributed by atoms with Gasteiger partial charge in [0.05, 0.1) is 4.90 Å². The highest BCUT2D eigenvalue weighted by Gasteiger charge is 2.25. The number of benzene rings is 2. The van der Waals surface area contributed by atoms with Crippen LogP contribution < -0.4 is 15.2 Å². The number of ether oxygens (including phenoxy) is 1. The summed E-state index contributed by atoms with van der Waals surface area (Å²) >= 11 is 0. The fraction of sp³-hybridized carbons (Fsp3) is 0.280. The molecule has 3 N–H and O–H groups in total. The number of carbonyl (C=O) groups excluding carboxylic acids is 1. The van der Waals surface area contributed by atoms with Crippen molar-refractivity contribution < 1.29 is 17.9 Å². The lowest BCUT2D eigenvalue weighted by atomic mass is 9.91. The zero-order valence-electron chi connectivity index (χ0n) is 19.7. The molecule has 7 nitrogen and oxygen atoms in total. The number of aryl methyl sites for hydroxylation is 3. The molecule has 0 saturated carbocycles. The Balaban J connectivity index is 2.05. The first-order valence-electron chi connectivity index (χ1n) is 10.5. The summed E-state index contributed by atoms with van der Waals surface area (Å²) in [5.74, 6) is -0.229. The van der Waals surface area contributed by atoms with E-state index in [0.29, 0.717) is 11.4 Å². The molecule has 2 aromatic carbocycles. The van der Waals surface area contributed by atoms with Gasteiger partial charge >= 0.3 is 0 Å². The summed E-state index contributed by atoms with van der Waals surface area (Å²) < 4.78 is 33.8. The zero-order chi connectivity index (χ0) is 24.6. The van der Waals surface area contributed by atoms with Crippen LogP contribution in [-0.2, 0) is 15.4 Å². The van der Waals surface area contributed by atoms with Crippen LogP contribution in [0.25, 0.3) is 0 Å². The van der Waals surface area contributed by atoms with E-state index in [1.165, 1.54) is 24.3 Å². The number of aromatic nitrogens is 1. The molecule has 1 amide bonds. The number of nitrogens with one attached hydrogen (secondary N) is 1. The normalized spacial score (nSPS) is 11.8. The zero-order valence-corrected chi connectivity index (χ0v) is 20.5. The Morgan fingerprint density at radius 3 is 2.21 bits per heavy atom. The summed E-state index contributed by atoms with van der Waals surface area (Å²) in [6.07, 6.45) is 0. The molecule has 0 saturated heterocycles. The number of rotatable bonds is 5. The standard InChI is InChI=1S/C25H29N3O4S/c1-15-12-16(2)22(17(3)13-15)32-24-20(10-11-21(27-24)25(4,5)6)23(29)28-33(30,31)19-9-7-8-18(26)14-19/h7-14H,26H2,1-6H3,(H,28,29). The maximum atomic E-state index is 13.1. The summed E-state index contributed by atoms with van der Waals surface area (Å²) in [6.45, 7) is 11.8. The molecule has 174 valence electrons. The molecule has 33 heavy (non-hydrogen) atoms. The van der Waals surface area contributed by atoms with Crippen LogP contribution in [0.1, 0.15) is 53.5 Å². The van der Waals surface area contributed by atoms with Crippen molar-refractivity contribution in [3.05, 3.63) is 76.5 Å². The Bertz CT molecular complexity index is 1300. The second-order valence-corrected chi connectivity index (χ2v) is 10.8. The molecule has 0 radical (unpaired) electrons. The van der Waals surface area contributed by atoms with Crippen molar-refractivity contribution in [1.82, 2.24) is 9.71 Å². The van der Waals surface area contributed by atoms with Gasteiger partial charge in [0.25, 0.3) is 15.9 Å². The largest absolute Gasteiger partial charge is 0.438 e. The summed E-state index contributed by atoms with van der Waals surface area (Å²) in [5.41, 5.74) is 9.23. The van der Waals surface area contributed by atoms with E-state index < -0.39 is 15.9 Å². The second kappa shape index (κ2) is 8.86. The van der Waals surface area contributed by atoms with E-state index in [4.69, 9.17) is 10.5 Å². The van der Waals surface area contributed by atoms with E-state index in [1.54, 1.807) is 12.1 Å². The Labute approximate surface area is 195 Å². The third-order valence-electron chi connectivity index (χ3n) is 5.07. The molecule has 1 aromatic heterocycles. The number of pyridine rings is 1. The van der Waals surface area contributed by atoms with Crippen molar-refractivity contribution in [3.63, 3.8) is 0 Å². The van der Waals surface area contributed by atoms with Gasteiger partial charge in [-0.1, -0.05) is 44.5 Å². The van der Waals surface area contributed by atoms with Gasteiger partial charge in [-0.3, -0.25) is 4.79 Å². The Kier molecular flexibility index (Phi) is 6.51. The smallest absolute Gasteiger partial charge is 0.270 e. The highest BCUT2D eigenvalue weighted by atomic mass is 32.2. The second-order valence-electron chi connectivity index (χ2n) is 9.14. The van der Waals surface area contributed by atoms with Gasteiger partial charge in [-0.25, -0.2) is 18.1 Å². The van der Waals surface area contributed by atoms with Crippen molar-refractivity contribution in [2.45, 2.75) is 51.9 Å². The molecular formula is C25H29N3O4S. The van der Waals surface area contributed by atoms with Crippen LogP contribution in [0.2, 0.25) is 0 Å². The minimum absolute atomic E-state index is 0.00912. The SMILES string of the molecule is Cc1cc(C)c(Oc2nc(C(C)(C)C)ccc2C(=O)NS(=O)(=O)c2cccc(N)c2)c(C)c1. The van der Waals surface area contributed by atoms with E-state index in [0.717, 1.165) is 16.7 Å². The topological polar surface area (TPSA) is 111 Å². The van der Waals surface area contributed by atoms with Crippen molar-refractivity contribution in [3.8, 4) is 11.6 Å². The number of hydrogen-bond donors (Lipinski definition) is 2. The van der Waals surface area contributed by atoms with Crippen LogP contribution in [0.5, 0.6) is 11.6 Å². The van der Waals surface area contributed by atoms with Gasteiger partial charge < -0.3 is 10.5 Å². The molecule has 0 fully saturated rings. The number of nitrogens with zero attached hydrogens (tertiary/aromatic N) is 1. The minimum atomic E-state index is -4.14. The van der Waals surface area contributed by atoms with Gasteiger partial charge in [-0.2, -0.15) is 0 Å². The van der Waals surface area contributed by atoms with Gasteiger partial charge in [0.15, 0.2) is 0 Å². The van der Waals surface area contributed by atoms with Crippen LogP contribution in [0.4, 0.5) is 5.69 Å². The molecule has 0 bridgehead atoms. The number of carbonyl (C=O) groups is 1. The molecular weight excluding hydrogens is 438 g/mol. The molecule has 0 atom stereocenters. The lowest BCUT2D eigenvalue weighted by Crippen LogP contribution is -2.31. The fourth-order valence-corrected chi connectivity index (χ4v) is 4.47. The Morgan fingerprint density at radius 1 is 1.00 bits per heavy atom. The summed E-state index contributed by atoms with van der Waals surface area (Å²) in [6, 6.07) is 12.9. The lowest BCUT2D eigenvalue weighted by Gasteiger charge is -2.21. The van der Waals surface area contributed by atoms with Gasteiger partial charge in [0.1, 0.15) is 11.3 Å². The van der Waals surface area contributed by atoms with Crippen LogP contribution in [0.15, 0.2) is 53.4 Å². The Hall–Kier alpha value is -3.39. The maximum absolute atomic E-state index is 13.1. The van der Waals surface area contributed by atoms with Crippen LogP contribution in [0, 0.1) is 20.8 Å². The van der Waals surface area contributed by atoms with Gasteiger partial charge in [0, 0.05) is 16.8 Å². The fourth-order valence-electron chi connectivity index (χ4n) is 3.45. The van der Waals surface area contributed by atoms with E-state index in [9.17, 15) is 13.2 Å². The third-order valence-corrected chi connectivity index (χ3v) is 6.40. The minimum Gasteiger partial charge on any atom is -0.438 e. The average molecular weight is 468 g/mol. The van der Waals surface area contributed by atoms with Gasteiger partial charge in [-0.15, -0.1) is 0 Å².